The fourth-order valence-electron chi connectivity index (χ4n) is 3.01. The van der Waals surface area contributed by atoms with Gasteiger partial charge in [-0.1, -0.05) is 60.4 Å². The lowest BCUT2D eigenvalue weighted by molar-refractivity contribution is -0.138. The average Bonchev–Trinajstić information content (AvgIpc) is 2.94. The van der Waals surface area contributed by atoms with Gasteiger partial charge in [-0.3, -0.25) is 14.5 Å². The van der Waals surface area contributed by atoms with Gasteiger partial charge in [-0.15, -0.1) is 0 Å². The molecule has 0 unspecified atom stereocenters. The minimum atomic E-state index is -4.48. The van der Waals surface area contributed by atoms with Gasteiger partial charge in [0.25, 0.3) is 5.91 Å². The number of hydrogen-bond donors (Lipinski definition) is 1. The molecule has 0 spiro atoms. The second kappa shape index (κ2) is 9.01. The van der Waals surface area contributed by atoms with E-state index in [0.29, 0.717) is 20.4 Å². The maximum Gasteiger partial charge on any atom is 0.417 e. The van der Waals surface area contributed by atoms with Crippen LogP contribution in [0.2, 0.25) is 0 Å². The molecule has 1 amide bonds. The first kappa shape index (κ1) is 22.0. The summed E-state index contributed by atoms with van der Waals surface area (Å²) in [5.74, 6) is -1.29. The number of alkyl halides is 3. The van der Waals surface area contributed by atoms with Crippen molar-refractivity contribution in [1.82, 2.24) is 4.90 Å². The summed E-state index contributed by atoms with van der Waals surface area (Å²) in [6.07, 6.45) is -2.70. The number of carboxylic acid groups (broad SMARTS) is 1. The van der Waals surface area contributed by atoms with Crippen LogP contribution in [0.25, 0.3) is 17.2 Å². The van der Waals surface area contributed by atoms with Crippen LogP contribution in [0.1, 0.15) is 24.0 Å². The summed E-state index contributed by atoms with van der Waals surface area (Å²) in [7, 11) is 0. The zero-order chi connectivity index (χ0) is 21.9. The second-order valence-corrected chi connectivity index (χ2v) is 8.18. The van der Waals surface area contributed by atoms with Crippen LogP contribution in [0.15, 0.2) is 53.4 Å². The highest BCUT2D eigenvalue weighted by molar-refractivity contribution is 8.26. The third-order valence-corrected chi connectivity index (χ3v) is 5.75. The van der Waals surface area contributed by atoms with Crippen LogP contribution in [0.4, 0.5) is 13.2 Å². The number of aliphatic carboxylic acids is 1. The molecule has 0 radical (unpaired) electrons. The van der Waals surface area contributed by atoms with Crippen LogP contribution in [0.5, 0.6) is 0 Å². The predicted molar refractivity (Wildman–Crippen MR) is 114 cm³/mol. The number of thioether (sulfide) groups is 1. The van der Waals surface area contributed by atoms with Gasteiger partial charge in [-0.05, 0) is 41.3 Å². The molecule has 30 heavy (non-hydrogen) atoms. The SMILES string of the molecule is O=C(O)CCCN1C(=O)C(=Cc2cccc(-c3ccccc3C(F)(F)F)c2)SC1=S. The summed E-state index contributed by atoms with van der Waals surface area (Å²) in [5.41, 5.74) is 0.275. The Bertz CT molecular complexity index is 1030. The Kier molecular flexibility index (Phi) is 6.62. The molecule has 1 heterocycles. The highest BCUT2D eigenvalue weighted by Crippen LogP contribution is 2.38. The van der Waals surface area contributed by atoms with Crippen LogP contribution < -0.4 is 0 Å². The maximum atomic E-state index is 13.3. The van der Waals surface area contributed by atoms with Crippen LogP contribution in [-0.2, 0) is 15.8 Å². The number of carbonyl (C=O) groups excluding carboxylic acids is 1. The van der Waals surface area contributed by atoms with Crippen LogP contribution >= 0.6 is 24.0 Å². The molecule has 9 heteroatoms. The first-order chi connectivity index (χ1) is 14.2. The second-order valence-electron chi connectivity index (χ2n) is 6.50. The molecule has 3 rings (SSSR count). The number of halogens is 3. The Morgan fingerprint density at radius 3 is 2.60 bits per heavy atom. The lowest BCUT2D eigenvalue weighted by Crippen LogP contribution is -2.29. The van der Waals surface area contributed by atoms with Crippen LogP contribution in [0.3, 0.4) is 0 Å². The molecule has 0 saturated carbocycles. The van der Waals surface area contributed by atoms with Crippen molar-refractivity contribution in [2.75, 3.05) is 6.54 Å². The number of thiocarbonyl (C=S) groups is 1. The lowest BCUT2D eigenvalue weighted by atomic mass is 9.97. The number of carboxylic acids is 1. The van der Waals surface area contributed by atoms with Crippen molar-refractivity contribution < 1.29 is 27.9 Å². The molecule has 2 aromatic rings. The van der Waals surface area contributed by atoms with Gasteiger partial charge in [-0.25, -0.2) is 0 Å². The Labute approximate surface area is 180 Å². The average molecular weight is 451 g/mol. The first-order valence-corrected chi connectivity index (χ1v) is 10.1. The lowest BCUT2D eigenvalue weighted by Gasteiger charge is -2.13. The Hall–Kier alpha value is -2.65. The van der Waals surface area contributed by atoms with Crippen molar-refractivity contribution in [3.63, 3.8) is 0 Å². The Morgan fingerprint density at radius 1 is 1.17 bits per heavy atom. The van der Waals surface area contributed by atoms with Crippen molar-refractivity contribution in [2.45, 2.75) is 19.0 Å². The largest absolute Gasteiger partial charge is 0.481 e. The van der Waals surface area contributed by atoms with E-state index in [1.165, 1.54) is 17.0 Å². The summed E-state index contributed by atoms with van der Waals surface area (Å²) in [4.78, 5) is 24.9. The molecule has 1 aliphatic rings. The van der Waals surface area contributed by atoms with Gasteiger partial charge in [0, 0.05) is 13.0 Å². The number of rotatable bonds is 6. The summed E-state index contributed by atoms with van der Waals surface area (Å²) < 4.78 is 40.3. The first-order valence-electron chi connectivity index (χ1n) is 8.90. The molecule has 1 N–H and O–H groups in total. The monoisotopic (exact) mass is 451 g/mol. The van der Waals surface area contributed by atoms with E-state index in [1.807, 2.05) is 0 Å². The summed E-state index contributed by atoms with van der Waals surface area (Å²) in [6, 6.07) is 11.8. The molecule has 0 aromatic heterocycles. The summed E-state index contributed by atoms with van der Waals surface area (Å²) >= 11 is 6.29. The van der Waals surface area contributed by atoms with Crippen molar-refractivity contribution in [2.24, 2.45) is 0 Å². The fourth-order valence-corrected chi connectivity index (χ4v) is 4.32. The van der Waals surface area contributed by atoms with E-state index in [1.54, 1.807) is 36.4 Å². The third-order valence-electron chi connectivity index (χ3n) is 4.37. The smallest absolute Gasteiger partial charge is 0.417 e. The minimum absolute atomic E-state index is 0.0569. The molecule has 156 valence electrons. The zero-order valence-corrected chi connectivity index (χ0v) is 17.1. The van der Waals surface area contributed by atoms with E-state index < -0.39 is 17.7 Å². The number of benzene rings is 2. The molecule has 1 aliphatic heterocycles. The fraction of sp³-hybridized carbons (Fsp3) is 0.190. The van der Waals surface area contributed by atoms with Gasteiger partial charge in [-0.2, -0.15) is 13.2 Å². The molecule has 0 aliphatic carbocycles. The maximum absolute atomic E-state index is 13.3. The number of nitrogens with zero attached hydrogens (tertiary/aromatic N) is 1. The van der Waals surface area contributed by atoms with E-state index in [2.05, 4.69) is 0 Å². The van der Waals surface area contributed by atoms with Gasteiger partial charge in [0.15, 0.2) is 0 Å². The molecule has 2 aromatic carbocycles. The summed E-state index contributed by atoms with van der Waals surface area (Å²) in [5, 5.41) is 8.73. The van der Waals surface area contributed by atoms with E-state index in [-0.39, 0.29) is 30.9 Å². The van der Waals surface area contributed by atoms with Gasteiger partial charge in [0.2, 0.25) is 0 Å². The van der Waals surface area contributed by atoms with Crippen LogP contribution in [0, 0.1) is 0 Å². The molecule has 1 saturated heterocycles. The minimum Gasteiger partial charge on any atom is -0.481 e. The molecule has 0 atom stereocenters. The van der Waals surface area contributed by atoms with E-state index in [4.69, 9.17) is 17.3 Å². The number of carbonyl (C=O) groups is 2. The highest BCUT2D eigenvalue weighted by Gasteiger charge is 2.34. The quantitative estimate of drug-likeness (QED) is 0.468. The summed E-state index contributed by atoms with van der Waals surface area (Å²) in [6.45, 7) is 0.202. The van der Waals surface area contributed by atoms with E-state index in [9.17, 15) is 22.8 Å². The zero-order valence-electron chi connectivity index (χ0n) is 15.5. The highest BCUT2D eigenvalue weighted by atomic mass is 32.2. The van der Waals surface area contributed by atoms with Gasteiger partial charge in [0.1, 0.15) is 4.32 Å². The topological polar surface area (TPSA) is 57.6 Å². The normalized spacial score (nSPS) is 15.8. The number of hydrogen-bond acceptors (Lipinski definition) is 4. The number of amides is 1. The van der Waals surface area contributed by atoms with Gasteiger partial charge in [0.05, 0.1) is 10.5 Å². The van der Waals surface area contributed by atoms with Gasteiger partial charge >= 0.3 is 12.1 Å². The predicted octanol–water partition coefficient (Wildman–Crippen LogP) is 5.44. The van der Waals surface area contributed by atoms with Crippen molar-refractivity contribution in [3.05, 3.63) is 64.6 Å². The molecular formula is C21H16F3NO3S2. The molecule has 4 nitrogen and oxygen atoms in total. The van der Waals surface area contributed by atoms with E-state index >= 15 is 0 Å². The van der Waals surface area contributed by atoms with Crippen molar-refractivity contribution in [1.29, 1.82) is 0 Å². The van der Waals surface area contributed by atoms with Crippen LogP contribution in [-0.4, -0.2) is 32.7 Å². The Morgan fingerprint density at radius 2 is 1.90 bits per heavy atom. The standard InChI is InChI=1S/C21H16F3NO3S2/c22-21(23,24)16-8-2-1-7-15(16)14-6-3-5-13(11-14)12-17-19(28)25(20(29)30-17)10-4-9-18(26)27/h1-3,5-8,11-12H,4,9-10H2,(H,26,27). The Balaban J connectivity index is 1.86. The van der Waals surface area contributed by atoms with Crippen molar-refractivity contribution in [3.8, 4) is 11.1 Å². The van der Waals surface area contributed by atoms with Gasteiger partial charge < -0.3 is 5.11 Å². The molecule has 1 fully saturated rings. The molecule has 0 bridgehead atoms. The van der Waals surface area contributed by atoms with E-state index in [0.717, 1.165) is 17.8 Å². The molecular weight excluding hydrogens is 435 g/mol. The van der Waals surface area contributed by atoms with Crippen molar-refractivity contribution >= 4 is 46.3 Å². The third kappa shape index (κ3) is 5.09.